The van der Waals surface area contributed by atoms with Crippen LogP contribution in [-0.4, -0.2) is 12.5 Å². The Morgan fingerprint density at radius 3 is 2.93 bits per heavy atom. The summed E-state index contributed by atoms with van der Waals surface area (Å²) in [5, 5.41) is 2.58. The number of fused-ring (bicyclic) bond motifs is 1. The van der Waals surface area contributed by atoms with Gasteiger partial charge in [-0.3, -0.25) is 4.79 Å². The smallest absolute Gasteiger partial charge is 0.387 e. The highest BCUT2D eigenvalue weighted by atomic mass is 19.3. The van der Waals surface area contributed by atoms with E-state index in [2.05, 4.69) is 10.1 Å². The van der Waals surface area contributed by atoms with Gasteiger partial charge in [-0.15, -0.1) is 0 Å². The molecule has 3 nitrogen and oxygen atoms in total. The zero-order valence-electron chi connectivity index (χ0n) is 7.09. The first-order chi connectivity index (χ1) is 6.66. The minimum absolute atomic E-state index is 0.0789. The first-order valence-electron chi connectivity index (χ1n) is 4.03. The number of benzene rings is 1. The Balaban J connectivity index is 2.28. The molecule has 1 N–H and O–H groups in total. The Morgan fingerprint density at radius 1 is 1.43 bits per heavy atom. The van der Waals surface area contributed by atoms with Crippen molar-refractivity contribution in [2.75, 3.05) is 0 Å². The van der Waals surface area contributed by atoms with E-state index in [1.165, 1.54) is 18.2 Å². The second-order valence-corrected chi connectivity index (χ2v) is 2.88. The molecule has 1 amide bonds. The van der Waals surface area contributed by atoms with Crippen LogP contribution in [0.3, 0.4) is 0 Å². The number of carbonyl (C=O) groups is 1. The van der Waals surface area contributed by atoms with E-state index in [-0.39, 0.29) is 11.7 Å². The van der Waals surface area contributed by atoms with E-state index in [4.69, 9.17) is 0 Å². The third kappa shape index (κ3) is 1.53. The highest BCUT2D eigenvalue weighted by molar-refractivity contribution is 5.98. The van der Waals surface area contributed by atoms with Crippen molar-refractivity contribution >= 4 is 5.91 Å². The van der Waals surface area contributed by atoms with Crippen LogP contribution in [0.1, 0.15) is 15.9 Å². The molecule has 1 aromatic carbocycles. The van der Waals surface area contributed by atoms with E-state index in [0.717, 1.165) is 0 Å². The molecule has 0 spiro atoms. The summed E-state index contributed by atoms with van der Waals surface area (Å²) in [5.41, 5.74) is 1.21. The van der Waals surface area contributed by atoms with E-state index in [1.54, 1.807) is 0 Å². The van der Waals surface area contributed by atoms with Crippen LogP contribution < -0.4 is 10.1 Å². The van der Waals surface area contributed by atoms with Crippen LogP contribution in [0, 0.1) is 0 Å². The maximum atomic E-state index is 11.8. The zero-order valence-corrected chi connectivity index (χ0v) is 7.09. The summed E-state index contributed by atoms with van der Waals surface area (Å²) in [4.78, 5) is 11.1. The number of halogens is 2. The van der Waals surface area contributed by atoms with Gasteiger partial charge in [0.2, 0.25) is 0 Å². The number of alkyl halides is 2. The lowest BCUT2D eigenvalue weighted by Gasteiger charge is -2.04. The van der Waals surface area contributed by atoms with E-state index in [1.807, 2.05) is 0 Å². The molecule has 0 unspecified atom stereocenters. The van der Waals surface area contributed by atoms with Gasteiger partial charge in [0.25, 0.3) is 5.91 Å². The molecule has 14 heavy (non-hydrogen) atoms. The number of rotatable bonds is 2. The molecular formula is C9H7F2NO2. The van der Waals surface area contributed by atoms with Crippen LogP contribution >= 0.6 is 0 Å². The minimum atomic E-state index is -2.84. The zero-order chi connectivity index (χ0) is 10.1. The Morgan fingerprint density at radius 2 is 2.21 bits per heavy atom. The van der Waals surface area contributed by atoms with Gasteiger partial charge in [-0.25, -0.2) is 0 Å². The molecular weight excluding hydrogens is 192 g/mol. The maximum absolute atomic E-state index is 11.8. The van der Waals surface area contributed by atoms with Crippen LogP contribution in [-0.2, 0) is 6.54 Å². The number of carbonyl (C=O) groups excluding carboxylic acids is 1. The molecule has 1 heterocycles. The van der Waals surface area contributed by atoms with Crippen molar-refractivity contribution in [3.05, 3.63) is 29.3 Å². The average molecular weight is 199 g/mol. The molecule has 5 heteroatoms. The molecule has 2 rings (SSSR count). The normalized spacial score (nSPS) is 14.1. The van der Waals surface area contributed by atoms with Crippen molar-refractivity contribution in [2.24, 2.45) is 0 Å². The van der Waals surface area contributed by atoms with E-state index < -0.39 is 6.61 Å². The fraction of sp³-hybridized carbons (Fsp3) is 0.222. The van der Waals surface area contributed by atoms with Crippen molar-refractivity contribution in [3.8, 4) is 5.75 Å². The van der Waals surface area contributed by atoms with Gasteiger partial charge in [0.1, 0.15) is 5.75 Å². The predicted molar refractivity (Wildman–Crippen MR) is 44.2 cm³/mol. The molecule has 0 radical (unpaired) electrons. The second kappa shape index (κ2) is 3.25. The number of ether oxygens (including phenoxy) is 1. The van der Waals surface area contributed by atoms with Gasteiger partial charge in [-0.05, 0) is 23.8 Å². The molecule has 0 saturated carbocycles. The standard InChI is InChI=1S/C9H7F2NO2/c10-9(11)14-6-1-2-7-5(3-6)4-12-8(7)13/h1-3,9H,4H2,(H,12,13). The molecule has 0 atom stereocenters. The third-order valence-electron chi connectivity index (χ3n) is 1.99. The molecule has 0 bridgehead atoms. The van der Waals surface area contributed by atoms with Gasteiger partial charge in [0, 0.05) is 12.1 Å². The lowest BCUT2D eigenvalue weighted by molar-refractivity contribution is -0.0498. The highest BCUT2D eigenvalue weighted by Crippen LogP contribution is 2.22. The van der Waals surface area contributed by atoms with Crippen LogP contribution in [0.15, 0.2) is 18.2 Å². The summed E-state index contributed by atoms with van der Waals surface area (Å²) in [6.07, 6.45) is 0. The molecule has 74 valence electrons. The van der Waals surface area contributed by atoms with Gasteiger partial charge < -0.3 is 10.1 Å². The Kier molecular flexibility index (Phi) is 2.07. The largest absolute Gasteiger partial charge is 0.435 e. The van der Waals surface area contributed by atoms with Crippen LogP contribution in [0.4, 0.5) is 8.78 Å². The summed E-state index contributed by atoms with van der Waals surface area (Å²) in [7, 11) is 0. The molecule has 0 fully saturated rings. The molecule has 0 aliphatic carbocycles. The molecule has 1 aliphatic heterocycles. The Bertz CT molecular complexity index is 379. The summed E-state index contributed by atoms with van der Waals surface area (Å²) >= 11 is 0. The third-order valence-corrected chi connectivity index (χ3v) is 1.99. The fourth-order valence-corrected chi connectivity index (χ4v) is 1.38. The van der Waals surface area contributed by atoms with Gasteiger partial charge in [-0.1, -0.05) is 0 Å². The van der Waals surface area contributed by atoms with Crippen molar-refractivity contribution in [3.63, 3.8) is 0 Å². The quantitative estimate of drug-likeness (QED) is 0.784. The molecule has 0 saturated heterocycles. The Hall–Kier alpha value is -1.65. The lowest BCUT2D eigenvalue weighted by atomic mass is 10.1. The lowest BCUT2D eigenvalue weighted by Crippen LogP contribution is -2.12. The van der Waals surface area contributed by atoms with Crippen molar-refractivity contribution in [1.82, 2.24) is 5.32 Å². The van der Waals surface area contributed by atoms with Crippen LogP contribution in [0.25, 0.3) is 0 Å². The molecule has 1 aliphatic rings. The van der Waals surface area contributed by atoms with Crippen LogP contribution in [0.5, 0.6) is 5.75 Å². The monoisotopic (exact) mass is 199 g/mol. The first kappa shape index (κ1) is 8.93. The summed E-state index contributed by atoms with van der Waals surface area (Å²) in [5.74, 6) is -0.0983. The maximum Gasteiger partial charge on any atom is 0.387 e. The predicted octanol–water partition coefficient (Wildman–Crippen LogP) is 1.53. The number of amides is 1. The number of nitrogens with one attached hydrogen (secondary N) is 1. The molecule has 1 aromatic rings. The Labute approximate surface area is 78.7 Å². The van der Waals surface area contributed by atoms with Gasteiger partial charge in [-0.2, -0.15) is 8.78 Å². The molecule has 0 aromatic heterocycles. The summed E-state index contributed by atoms with van der Waals surface area (Å²) in [6.45, 7) is -2.47. The number of hydrogen-bond acceptors (Lipinski definition) is 2. The summed E-state index contributed by atoms with van der Waals surface area (Å²) < 4.78 is 27.9. The van der Waals surface area contributed by atoms with Crippen molar-refractivity contribution in [1.29, 1.82) is 0 Å². The van der Waals surface area contributed by atoms with Gasteiger partial charge in [0.15, 0.2) is 0 Å². The van der Waals surface area contributed by atoms with Crippen molar-refractivity contribution < 1.29 is 18.3 Å². The topological polar surface area (TPSA) is 38.3 Å². The van der Waals surface area contributed by atoms with Gasteiger partial charge >= 0.3 is 6.61 Å². The van der Waals surface area contributed by atoms with E-state index in [9.17, 15) is 13.6 Å². The first-order valence-corrected chi connectivity index (χ1v) is 4.03. The number of hydrogen-bond donors (Lipinski definition) is 1. The van der Waals surface area contributed by atoms with E-state index in [0.29, 0.717) is 17.7 Å². The minimum Gasteiger partial charge on any atom is -0.435 e. The van der Waals surface area contributed by atoms with Crippen molar-refractivity contribution in [2.45, 2.75) is 13.2 Å². The average Bonchev–Trinajstić information content (AvgIpc) is 2.46. The summed E-state index contributed by atoms with van der Waals surface area (Å²) in [6, 6.07) is 4.28. The SMILES string of the molecule is O=C1NCc2cc(OC(F)F)ccc21. The van der Waals surface area contributed by atoms with Crippen LogP contribution in [0.2, 0.25) is 0 Å². The van der Waals surface area contributed by atoms with Gasteiger partial charge in [0.05, 0.1) is 0 Å². The highest BCUT2D eigenvalue weighted by Gasteiger charge is 2.19. The second-order valence-electron chi connectivity index (χ2n) is 2.88. The van der Waals surface area contributed by atoms with E-state index >= 15 is 0 Å². The fourth-order valence-electron chi connectivity index (χ4n) is 1.38.